The van der Waals surface area contributed by atoms with Gasteiger partial charge in [0.1, 0.15) is 17.3 Å². The quantitative estimate of drug-likeness (QED) is 0.129. The summed E-state index contributed by atoms with van der Waals surface area (Å²) in [5, 5.41) is 9.08. The number of hydrogen-bond acceptors (Lipinski definition) is 5. The zero-order valence-corrected chi connectivity index (χ0v) is 27.7. The second-order valence-corrected chi connectivity index (χ2v) is 13.5. The monoisotopic (exact) mass is 638 g/mol. The summed E-state index contributed by atoms with van der Waals surface area (Å²) < 4.78 is 25.9. The van der Waals surface area contributed by atoms with Gasteiger partial charge in [0.25, 0.3) is 0 Å². The first-order valence-electron chi connectivity index (χ1n) is 17.1. The lowest BCUT2D eigenvalue weighted by molar-refractivity contribution is -0.131. The number of esters is 2. The van der Waals surface area contributed by atoms with Crippen LogP contribution >= 0.6 is 0 Å². The molecule has 248 valence electrons. The molecule has 2 aliphatic carbocycles. The number of ether oxygens (including phenoxy) is 2. The Balaban J connectivity index is 1.34. The predicted octanol–water partition coefficient (Wildman–Crippen LogP) is 9.98. The van der Waals surface area contributed by atoms with E-state index in [0.29, 0.717) is 28.4 Å². The highest BCUT2D eigenvalue weighted by Gasteiger charge is 2.32. The first-order chi connectivity index (χ1) is 22.7. The number of carbonyl (C=O) groups is 2. The fraction of sp³-hybridized carbons (Fsp3) is 0.415. The third-order valence-electron chi connectivity index (χ3n) is 10.2. The zero-order valence-electron chi connectivity index (χ0n) is 27.7. The average molecular weight is 639 g/mol. The molecule has 0 amide bonds. The maximum absolute atomic E-state index is 15.1. The van der Waals surface area contributed by atoms with Crippen molar-refractivity contribution in [3.05, 3.63) is 96.3 Å². The Bertz CT molecular complexity index is 1590. The molecule has 0 heterocycles. The van der Waals surface area contributed by atoms with E-state index in [0.717, 1.165) is 47.8 Å². The van der Waals surface area contributed by atoms with Crippen LogP contribution in [0.2, 0.25) is 0 Å². The molecule has 3 aromatic rings. The Morgan fingerprint density at radius 1 is 0.766 bits per heavy atom. The molecular weight excluding hydrogens is 591 g/mol. The van der Waals surface area contributed by atoms with Crippen LogP contribution in [0.25, 0.3) is 22.3 Å². The summed E-state index contributed by atoms with van der Waals surface area (Å²) in [4.78, 5) is 24.3. The average Bonchev–Trinajstić information content (AvgIpc) is 3.08. The third kappa shape index (κ3) is 8.47. The van der Waals surface area contributed by atoms with E-state index >= 15 is 4.39 Å². The Hall–Kier alpha value is -4.03. The van der Waals surface area contributed by atoms with Crippen molar-refractivity contribution in [2.45, 2.75) is 84.0 Å². The van der Waals surface area contributed by atoms with Gasteiger partial charge in [-0.15, -0.1) is 0 Å². The molecule has 3 aromatic carbocycles. The topological polar surface area (TPSA) is 72.8 Å². The second-order valence-electron chi connectivity index (χ2n) is 13.5. The number of benzene rings is 3. The zero-order chi connectivity index (χ0) is 33.5. The van der Waals surface area contributed by atoms with Crippen molar-refractivity contribution in [3.8, 4) is 33.8 Å². The minimum absolute atomic E-state index is 0.0402. The van der Waals surface area contributed by atoms with Gasteiger partial charge in [-0.3, -0.25) is 0 Å². The van der Waals surface area contributed by atoms with Crippen LogP contribution < -0.4 is 9.47 Å². The van der Waals surface area contributed by atoms with Crippen molar-refractivity contribution < 1.29 is 28.6 Å². The second kappa shape index (κ2) is 15.7. The van der Waals surface area contributed by atoms with Gasteiger partial charge in [0.05, 0.1) is 12.2 Å². The van der Waals surface area contributed by atoms with Crippen molar-refractivity contribution in [1.29, 1.82) is 0 Å². The molecule has 0 aromatic heterocycles. The Morgan fingerprint density at radius 3 is 1.85 bits per heavy atom. The van der Waals surface area contributed by atoms with Crippen LogP contribution in [0.5, 0.6) is 11.5 Å². The molecule has 0 bridgehead atoms. The molecule has 5 rings (SSSR count). The van der Waals surface area contributed by atoms with Crippen LogP contribution in [0.4, 0.5) is 4.39 Å². The van der Waals surface area contributed by atoms with Gasteiger partial charge in [0.15, 0.2) is 0 Å². The number of aliphatic hydroxyl groups is 1. The van der Waals surface area contributed by atoms with E-state index in [1.54, 1.807) is 13.0 Å². The van der Waals surface area contributed by atoms with Gasteiger partial charge >= 0.3 is 11.9 Å². The lowest BCUT2D eigenvalue weighted by Gasteiger charge is -2.38. The molecule has 6 heteroatoms. The van der Waals surface area contributed by atoms with Gasteiger partial charge < -0.3 is 14.6 Å². The Labute approximate surface area is 278 Å². The van der Waals surface area contributed by atoms with E-state index in [4.69, 9.17) is 14.6 Å². The highest BCUT2D eigenvalue weighted by atomic mass is 19.1. The van der Waals surface area contributed by atoms with Crippen LogP contribution in [0.3, 0.4) is 0 Å². The summed E-state index contributed by atoms with van der Waals surface area (Å²) in [5.74, 6) is 1.71. The lowest BCUT2D eigenvalue weighted by atomic mass is 9.67. The highest BCUT2D eigenvalue weighted by Crippen LogP contribution is 2.47. The molecule has 0 aliphatic heterocycles. The highest BCUT2D eigenvalue weighted by molar-refractivity contribution is 5.90. The fourth-order valence-corrected chi connectivity index (χ4v) is 7.52. The lowest BCUT2D eigenvalue weighted by Crippen LogP contribution is -2.25. The molecule has 2 fully saturated rings. The van der Waals surface area contributed by atoms with E-state index in [-0.39, 0.29) is 11.3 Å². The van der Waals surface area contributed by atoms with Crippen LogP contribution in [0.1, 0.15) is 89.5 Å². The number of aliphatic hydroxyl groups excluding tert-OH is 1. The van der Waals surface area contributed by atoms with Crippen molar-refractivity contribution in [3.63, 3.8) is 0 Å². The molecule has 2 aliphatic rings. The SMILES string of the molecule is C=C(C)C(=O)Oc1ccc(-c2ccc(-c3ccc(OC(=O)C(=C)CO)cc3F)cc2)c(C2CCC(C3CCC(CCC)CC3)CC2)c1. The maximum Gasteiger partial charge on any atom is 0.341 e. The minimum atomic E-state index is -0.803. The summed E-state index contributed by atoms with van der Waals surface area (Å²) in [6.45, 7) is 10.6. The van der Waals surface area contributed by atoms with E-state index in [1.807, 2.05) is 42.5 Å². The van der Waals surface area contributed by atoms with Gasteiger partial charge in [-0.2, -0.15) is 0 Å². The Kier molecular flexibility index (Phi) is 11.5. The van der Waals surface area contributed by atoms with Gasteiger partial charge in [-0.25, -0.2) is 14.0 Å². The van der Waals surface area contributed by atoms with Gasteiger partial charge in [-0.1, -0.05) is 76.1 Å². The molecule has 5 nitrogen and oxygen atoms in total. The number of carbonyl (C=O) groups excluding carboxylic acids is 2. The molecule has 0 saturated heterocycles. The molecule has 0 unspecified atom stereocenters. The smallest absolute Gasteiger partial charge is 0.341 e. The standard InChI is InChI=1S/C41H47FO5/c1-5-6-28-7-9-29(10-8-28)30-11-13-33(14-12-30)38-23-34(46-40(44)26(2)3)19-21-36(38)31-15-17-32(18-16-31)37-22-20-35(24-39(37)42)47-41(45)27(4)25-43/h15-24,28-30,33,43H,2,4-14,25H2,1,3H3. The number of halogens is 1. The molecule has 0 spiro atoms. The first kappa shape index (κ1) is 34.3. The molecule has 47 heavy (non-hydrogen) atoms. The van der Waals surface area contributed by atoms with Crippen molar-refractivity contribution in [1.82, 2.24) is 0 Å². The van der Waals surface area contributed by atoms with Gasteiger partial charge in [-0.05, 0) is 116 Å². The van der Waals surface area contributed by atoms with Crippen molar-refractivity contribution in [2.24, 2.45) is 17.8 Å². The molecule has 2 saturated carbocycles. The van der Waals surface area contributed by atoms with E-state index in [2.05, 4.69) is 20.1 Å². The van der Waals surface area contributed by atoms with Crippen LogP contribution in [0.15, 0.2) is 85.0 Å². The summed E-state index contributed by atoms with van der Waals surface area (Å²) in [6.07, 6.45) is 12.8. The molecule has 0 radical (unpaired) electrons. The van der Waals surface area contributed by atoms with E-state index < -0.39 is 24.4 Å². The fourth-order valence-electron chi connectivity index (χ4n) is 7.52. The number of hydrogen-bond donors (Lipinski definition) is 1. The molecule has 0 atom stereocenters. The summed E-state index contributed by atoms with van der Waals surface area (Å²) >= 11 is 0. The third-order valence-corrected chi connectivity index (χ3v) is 10.2. The summed E-state index contributed by atoms with van der Waals surface area (Å²) in [7, 11) is 0. The van der Waals surface area contributed by atoms with Crippen molar-refractivity contribution >= 4 is 11.9 Å². The van der Waals surface area contributed by atoms with Gasteiger partial charge in [0, 0.05) is 17.2 Å². The predicted molar refractivity (Wildman–Crippen MR) is 185 cm³/mol. The largest absolute Gasteiger partial charge is 0.423 e. The normalized spacial score (nSPS) is 21.1. The number of rotatable bonds is 11. The summed E-state index contributed by atoms with van der Waals surface area (Å²) in [6, 6.07) is 17.9. The van der Waals surface area contributed by atoms with E-state index in [9.17, 15) is 9.59 Å². The Morgan fingerprint density at radius 2 is 1.30 bits per heavy atom. The van der Waals surface area contributed by atoms with Gasteiger partial charge in [0.2, 0.25) is 0 Å². The minimum Gasteiger partial charge on any atom is -0.423 e. The van der Waals surface area contributed by atoms with Crippen LogP contribution in [0, 0.1) is 23.6 Å². The maximum atomic E-state index is 15.1. The van der Waals surface area contributed by atoms with Crippen LogP contribution in [-0.4, -0.2) is 23.7 Å². The van der Waals surface area contributed by atoms with E-state index in [1.165, 1.54) is 63.0 Å². The summed E-state index contributed by atoms with van der Waals surface area (Å²) in [5.41, 5.74) is 4.58. The first-order valence-corrected chi connectivity index (χ1v) is 17.1. The molecular formula is C41H47FO5. The van der Waals surface area contributed by atoms with Crippen molar-refractivity contribution in [2.75, 3.05) is 6.61 Å². The van der Waals surface area contributed by atoms with Crippen LogP contribution in [-0.2, 0) is 9.59 Å². The molecule has 1 N–H and O–H groups in total.